The lowest BCUT2D eigenvalue weighted by molar-refractivity contribution is -0.151. The molecule has 0 heterocycles. The maximum Gasteiger partial charge on any atom is 0.306 e. The second kappa shape index (κ2) is 78.2. The molecule has 0 spiro atoms. The lowest BCUT2D eigenvalue weighted by Gasteiger charge is -2.29. The fourth-order valence-electron chi connectivity index (χ4n) is 12.9. The standard InChI is InChI=1S/C41H81BN2O5PS.C41H80N2O5/c1-5-8-11-14-16-18-19-21-22-25-28-31-40(46)43-38(36-48-51-50-42)35-44(37(4)45)34-33-39(30-27-24-13-10-7-3)49-41(47)32-29-26-23-20-17-15-12-9-6-2;1-5-8-11-14-16-18-19-21-22-25-28-31-40(46)42-38(36-44)35-43(37(4)45)34-33-39(30-27-24-13-10-7-3)48-41(47)32-29-26-23-20-17-15-12-9-6-2/h38-39,42,50H,5-36H2,1-4H3,(H,43,46);38-39,44H,5-36H2,1-4H3,(H,42,46)/t38-,39-,50?;38-,39-/m11/s1/i42T,50D;. The molecule has 1 unspecified atom stereocenters. The van der Waals surface area contributed by atoms with Crippen LogP contribution in [-0.4, -0.2) is 124 Å². The summed E-state index contributed by atoms with van der Waals surface area (Å²) >= 11 is 0.934. The Hall–Kier alpha value is -2.42. The van der Waals surface area contributed by atoms with Gasteiger partial charge in [-0.25, -0.2) is 0 Å². The summed E-state index contributed by atoms with van der Waals surface area (Å²) in [4.78, 5) is 80.1. The lowest BCUT2D eigenvalue weighted by atomic mass is 10.0. The van der Waals surface area contributed by atoms with Crippen LogP contribution in [0.3, 0.4) is 0 Å². The third-order valence-electron chi connectivity index (χ3n) is 19.4. The highest BCUT2D eigenvalue weighted by Crippen LogP contribution is 2.25. The Morgan fingerprint density at radius 2 is 0.667 bits per heavy atom. The van der Waals surface area contributed by atoms with Crippen LogP contribution >= 0.6 is 19.3 Å². The molecule has 0 aromatic carbocycles. The summed E-state index contributed by atoms with van der Waals surface area (Å²) in [5.74, 6) is -0.601. The van der Waals surface area contributed by atoms with Gasteiger partial charge in [0.25, 0.3) is 0 Å². The van der Waals surface area contributed by atoms with E-state index in [1.807, 2.05) is 0 Å². The van der Waals surface area contributed by atoms with Gasteiger partial charge in [0.1, 0.15) is 19.7 Å². The van der Waals surface area contributed by atoms with Crippen molar-refractivity contribution in [3.05, 3.63) is 0 Å². The van der Waals surface area contributed by atoms with Crippen molar-refractivity contribution in [2.45, 2.75) is 452 Å². The second-order valence-corrected chi connectivity index (χ2v) is 30.7. The van der Waals surface area contributed by atoms with Gasteiger partial charge in [-0.05, 0) is 52.7 Å². The third-order valence-corrected chi connectivity index (χ3v) is 20.3. The Bertz CT molecular complexity index is 1880. The van der Waals surface area contributed by atoms with E-state index in [2.05, 4.69) is 52.2 Å². The number of rotatable bonds is 76. The summed E-state index contributed by atoms with van der Waals surface area (Å²) in [6.07, 6.45) is 64.1. The molecule has 0 saturated carbocycles. The molecular weight excluding hydrogens is 1270 g/mol. The van der Waals surface area contributed by atoms with Crippen LogP contribution in [0, 0.1) is 0 Å². The predicted octanol–water partition coefficient (Wildman–Crippen LogP) is 22.3. The largest absolute Gasteiger partial charge is 0.462 e. The van der Waals surface area contributed by atoms with Crippen molar-refractivity contribution in [2.75, 3.05) is 39.4 Å². The minimum Gasteiger partial charge on any atom is -0.462 e. The lowest BCUT2D eigenvalue weighted by Crippen LogP contribution is -2.48. The number of amides is 4. The van der Waals surface area contributed by atoms with Gasteiger partial charge in [0.2, 0.25) is 23.6 Å². The van der Waals surface area contributed by atoms with E-state index in [-0.39, 0.29) is 74.1 Å². The molecule has 583 valence electrons. The van der Waals surface area contributed by atoms with Crippen LogP contribution in [0.15, 0.2) is 0 Å². The van der Waals surface area contributed by atoms with Gasteiger partial charge in [-0.3, -0.25) is 28.8 Å². The molecule has 4 amide bonds. The van der Waals surface area contributed by atoms with Crippen LogP contribution in [0.1, 0.15) is 428 Å². The molecule has 3 N–H and O–H groups in total. The Kier molecular flexibility index (Phi) is 74.7. The van der Waals surface area contributed by atoms with Crippen LogP contribution in [0.4, 0.5) is 0 Å². The van der Waals surface area contributed by atoms with Gasteiger partial charge >= 0.3 is 11.9 Å². The van der Waals surface area contributed by atoms with Gasteiger partial charge in [0.05, 0.1) is 26.6 Å². The first kappa shape index (κ1) is 94.6. The number of ether oxygens (including phenoxy) is 2. The minimum absolute atomic E-state index is 0.0569. The highest BCUT2D eigenvalue weighted by atomic mass is 32.7. The molecule has 0 aliphatic heterocycles. The average Bonchev–Trinajstić information content (AvgIpc) is 0.966. The van der Waals surface area contributed by atoms with E-state index >= 15 is 0 Å². The summed E-state index contributed by atoms with van der Waals surface area (Å²) in [5, 5.41) is 16.0. The molecule has 99 heavy (non-hydrogen) atoms. The number of hydrogen-bond acceptors (Lipinski definition) is 11. The molecule has 0 saturated heterocycles. The van der Waals surface area contributed by atoms with Gasteiger partial charge in [-0.1, -0.05) is 332 Å². The van der Waals surface area contributed by atoms with Crippen LogP contribution in [0.2, 0.25) is 0 Å². The number of carbonyl (C=O) groups excluding carboxylic acids is 6. The van der Waals surface area contributed by atoms with Crippen molar-refractivity contribution in [1.29, 1.82) is 2.61 Å². The van der Waals surface area contributed by atoms with Crippen molar-refractivity contribution in [1.82, 2.24) is 20.4 Å². The van der Waals surface area contributed by atoms with E-state index in [4.69, 9.17) is 16.3 Å². The molecule has 0 fully saturated rings. The topological polar surface area (TPSA) is 181 Å². The van der Waals surface area contributed by atoms with E-state index in [1.165, 1.54) is 239 Å². The highest BCUT2D eigenvalue weighted by Gasteiger charge is 2.24. The number of esters is 2. The summed E-state index contributed by atoms with van der Waals surface area (Å²) in [6, 6.07) is -0.946. The molecule has 0 rings (SSSR count). The number of aliphatic hydroxyl groups excluding tert-OH is 1. The molecule has 1 radical (unpaired) electrons. The van der Waals surface area contributed by atoms with Crippen molar-refractivity contribution < 1.29 is 47.5 Å². The van der Waals surface area contributed by atoms with E-state index in [9.17, 15) is 33.9 Å². The van der Waals surface area contributed by atoms with Crippen molar-refractivity contribution >= 4 is 62.4 Å². The average molecular weight is 1440 g/mol. The highest BCUT2D eigenvalue weighted by molar-refractivity contribution is 8.53. The Morgan fingerprint density at radius 3 is 0.949 bits per heavy atom. The van der Waals surface area contributed by atoms with E-state index < -0.39 is 19.7 Å². The van der Waals surface area contributed by atoms with Gasteiger partial charge in [0.15, 0.2) is 0 Å². The molecule has 14 nitrogen and oxygen atoms in total. The molecule has 0 bridgehead atoms. The van der Waals surface area contributed by atoms with Crippen LogP contribution in [-0.2, 0) is 42.4 Å². The fourth-order valence-corrected chi connectivity index (χ4v) is 13.6. The molecule has 5 atom stereocenters. The summed E-state index contributed by atoms with van der Waals surface area (Å²) < 4.78 is 32.8. The number of aliphatic hydroxyl groups is 1. The van der Waals surface area contributed by atoms with Crippen molar-refractivity contribution in [3.8, 4) is 0 Å². The number of nitrogens with zero attached hydrogens (tertiary/aromatic N) is 2. The third kappa shape index (κ3) is 71.0. The fraction of sp³-hybridized carbons (Fsp3) is 0.927. The summed E-state index contributed by atoms with van der Waals surface area (Å²) in [6.45, 7) is 17.7. The van der Waals surface area contributed by atoms with Gasteiger partial charge in [0, 0.05) is 90.2 Å². The monoisotopic (exact) mass is 1440 g/mol. The Morgan fingerprint density at radius 1 is 0.404 bits per heavy atom. The van der Waals surface area contributed by atoms with E-state index in [0.717, 1.165) is 128 Å². The minimum atomic E-state index is -1.49. The Labute approximate surface area is 621 Å². The molecule has 0 aliphatic carbocycles. The van der Waals surface area contributed by atoms with E-state index in [0.29, 0.717) is 51.6 Å². The molecular formula is C82H161BN4O10PS. The number of hydrogen-bond donors (Lipinski definition) is 3. The maximum absolute atomic E-state index is 13.0. The zero-order chi connectivity index (χ0) is 74.7. The first-order valence-electron chi connectivity index (χ1n) is 43.1. The van der Waals surface area contributed by atoms with Gasteiger partial charge < -0.3 is 39.2 Å². The van der Waals surface area contributed by atoms with Crippen LogP contribution in [0.5, 0.6) is 0 Å². The second-order valence-electron chi connectivity index (χ2n) is 29.0. The van der Waals surface area contributed by atoms with Gasteiger partial charge in [-0.2, -0.15) is 0 Å². The maximum atomic E-state index is 13.0. The van der Waals surface area contributed by atoms with Gasteiger partial charge in [-0.15, -0.1) is 0 Å². The molecule has 0 aromatic heterocycles. The van der Waals surface area contributed by atoms with Crippen LogP contribution < -0.4 is 10.6 Å². The number of nitrogens with one attached hydrogen (secondary N) is 2. The predicted molar refractivity (Wildman–Crippen MR) is 426 cm³/mol. The summed E-state index contributed by atoms with van der Waals surface area (Å²) in [7, 11) is -0.429. The SMILES string of the molecule is CCCCCCCCCCCCCC(=O)N[C@@H](CO)CN(CC[C@@H](CCCCCCC)OC(=O)CCCCCCCCCCC)C(C)=O.[2H]P([B][3H])SOC[C@@H](CN(CC[C@@H](CCCCCCC)OC(=O)CCCCCCCCCCC)C(C)=O)NC(=O)CCCCCCCCCCCCC. The molecule has 0 aromatic rings. The normalized spacial score (nSPS) is 13.1. The van der Waals surface area contributed by atoms with Crippen LogP contribution in [0.25, 0.3) is 0 Å². The quantitative estimate of drug-likeness (QED) is 0.0173. The zero-order valence-electron chi connectivity index (χ0n) is 68.0. The first-order valence-corrected chi connectivity index (χ1v) is 44.3. The smallest absolute Gasteiger partial charge is 0.306 e. The molecule has 0 aliphatic rings. The number of unbranched alkanes of at least 4 members (excludes halogenated alkanes) is 44. The van der Waals surface area contributed by atoms with E-state index in [1.54, 1.807) is 9.80 Å². The number of carbonyl (C=O) groups is 6. The summed E-state index contributed by atoms with van der Waals surface area (Å²) in [5.41, 5.74) is 0. The van der Waals surface area contributed by atoms with Crippen molar-refractivity contribution in [3.63, 3.8) is 0 Å². The Balaban J connectivity index is 0. The zero-order valence-corrected chi connectivity index (χ0v) is 67.7. The molecule has 17 heteroatoms. The van der Waals surface area contributed by atoms with Crippen molar-refractivity contribution in [2.24, 2.45) is 0 Å². The first-order chi connectivity index (χ1) is 49.1.